The number of hydrogen-bond acceptors (Lipinski definition) is 5. The monoisotopic (exact) mass is 227 g/mol. The molecule has 0 radical (unpaired) electrons. The highest BCUT2D eigenvalue weighted by molar-refractivity contribution is 7.09. The van der Waals surface area contributed by atoms with Crippen LogP contribution in [0.5, 0.6) is 0 Å². The van der Waals surface area contributed by atoms with Gasteiger partial charge < -0.3 is 10.6 Å². The number of anilines is 1. The van der Waals surface area contributed by atoms with Gasteiger partial charge in [-0.25, -0.2) is 4.98 Å². The van der Waals surface area contributed by atoms with E-state index in [1.54, 1.807) is 0 Å². The first-order valence-electron chi connectivity index (χ1n) is 4.88. The van der Waals surface area contributed by atoms with E-state index in [0.717, 1.165) is 11.0 Å². The Morgan fingerprint density at radius 2 is 2.27 bits per heavy atom. The maximum atomic E-state index is 7.14. The molecule has 84 valence electrons. The van der Waals surface area contributed by atoms with Crippen LogP contribution < -0.4 is 10.6 Å². The number of nitrogens with zero attached hydrogens (tertiary/aromatic N) is 3. The van der Waals surface area contributed by atoms with E-state index in [4.69, 9.17) is 11.1 Å². The molecule has 0 aliphatic rings. The first-order valence-corrected chi connectivity index (χ1v) is 5.65. The summed E-state index contributed by atoms with van der Waals surface area (Å²) in [6.07, 6.45) is 0.563. The fraction of sp³-hybridized carbons (Fsp3) is 0.667. The van der Waals surface area contributed by atoms with Crippen LogP contribution in [-0.2, 0) is 0 Å². The first kappa shape index (κ1) is 11.9. The van der Waals surface area contributed by atoms with Gasteiger partial charge in [0, 0.05) is 37.5 Å². The lowest BCUT2D eigenvalue weighted by Crippen LogP contribution is -2.23. The van der Waals surface area contributed by atoms with E-state index in [1.165, 1.54) is 11.5 Å². The Balaban J connectivity index is 2.57. The quantitative estimate of drug-likeness (QED) is 0.589. The van der Waals surface area contributed by atoms with Gasteiger partial charge in [-0.05, 0) is 0 Å². The third-order valence-electron chi connectivity index (χ3n) is 1.99. The van der Waals surface area contributed by atoms with Gasteiger partial charge in [-0.3, -0.25) is 5.41 Å². The lowest BCUT2D eigenvalue weighted by Gasteiger charge is -2.13. The summed E-state index contributed by atoms with van der Waals surface area (Å²) >= 11 is 1.39. The number of rotatable bonds is 5. The molecule has 6 heteroatoms. The molecular formula is C9H17N5S. The average molecular weight is 227 g/mol. The first-order chi connectivity index (χ1) is 7.00. The second-order valence-electron chi connectivity index (χ2n) is 3.79. The molecule has 0 aliphatic heterocycles. The molecule has 0 fully saturated rings. The molecule has 0 saturated carbocycles. The molecule has 3 N–H and O–H groups in total. The van der Waals surface area contributed by atoms with Crippen molar-refractivity contribution in [1.82, 2.24) is 9.36 Å². The fourth-order valence-corrected chi connectivity index (χ4v) is 1.79. The molecule has 0 saturated heterocycles. The molecule has 1 aromatic rings. The highest BCUT2D eigenvalue weighted by atomic mass is 32.1. The minimum Gasteiger partial charge on any atom is -0.388 e. The Bertz CT molecular complexity index is 333. The van der Waals surface area contributed by atoms with Gasteiger partial charge >= 0.3 is 0 Å². The van der Waals surface area contributed by atoms with Crippen LogP contribution in [0, 0.1) is 5.41 Å². The SMILES string of the molecule is CC(C)c1nsc(N(C)CCC(=N)N)n1. The van der Waals surface area contributed by atoms with Crippen LogP contribution in [0.25, 0.3) is 0 Å². The summed E-state index contributed by atoms with van der Waals surface area (Å²) in [6.45, 7) is 4.85. The second-order valence-corrected chi connectivity index (χ2v) is 4.52. The molecule has 0 aromatic carbocycles. The molecule has 0 spiro atoms. The van der Waals surface area contributed by atoms with E-state index >= 15 is 0 Å². The zero-order valence-corrected chi connectivity index (χ0v) is 10.1. The van der Waals surface area contributed by atoms with Crippen LogP contribution in [0.3, 0.4) is 0 Å². The molecule has 1 aromatic heterocycles. The standard InChI is InChI=1S/C9H17N5S/c1-6(2)8-12-9(15-13-8)14(3)5-4-7(10)11/h6H,4-5H2,1-3H3,(H3,10,11). The number of nitrogens with two attached hydrogens (primary N) is 1. The van der Waals surface area contributed by atoms with Crippen molar-refractivity contribution >= 4 is 22.5 Å². The molecule has 1 heterocycles. The number of hydrogen-bond donors (Lipinski definition) is 2. The van der Waals surface area contributed by atoms with E-state index in [1.807, 2.05) is 11.9 Å². The minimum atomic E-state index is 0.204. The zero-order valence-electron chi connectivity index (χ0n) is 9.32. The van der Waals surface area contributed by atoms with Crippen LogP contribution in [-0.4, -0.2) is 28.8 Å². The molecule has 0 aliphatic carbocycles. The minimum absolute atomic E-state index is 0.204. The summed E-state index contributed by atoms with van der Waals surface area (Å²) in [6, 6.07) is 0. The molecule has 0 atom stereocenters. The van der Waals surface area contributed by atoms with E-state index in [-0.39, 0.29) is 5.84 Å². The lowest BCUT2D eigenvalue weighted by atomic mass is 10.2. The Hall–Kier alpha value is -1.17. The van der Waals surface area contributed by atoms with Gasteiger partial charge in [-0.2, -0.15) is 4.37 Å². The summed E-state index contributed by atoms with van der Waals surface area (Å²) in [5, 5.41) is 8.03. The predicted octanol–water partition coefficient (Wildman–Crippen LogP) is 1.42. The summed E-state index contributed by atoms with van der Waals surface area (Å²) in [4.78, 5) is 6.39. The summed E-state index contributed by atoms with van der Waals surface area (Å²) in [5.41, 5.74) is 5.30. The number of amidine groups is 1. The third-order valence-corrected chi connectivity index (χ3v) is 2.84. The zero-order chi connectivity index (χ0) is 11.4. The Morgan fingerprint density at radius 3 is 2.73 bits per heavy atom. The average Bonchev–Trinajstić information content (AvgIpc) is 2.62. The normalized spacial score (nSPS) is 10.7. The van der Waals surface area contributed by atoms with Gasteiger partial charge in [0.25, 0.3) is 0 Å². The molecule has 1 rings (SSSR count). The molecule has 0 unspecified atom stereocenters. The van der Waals surface area contributed by atoms with Crippen molar-refractivity contribution in [2.45, 2.75) is 26.2 Å². The topological polar surface area (TPSA) is 78.9 Å². The van der Waals surface area contributed by atoms with Gasteiger partial charge in [0.1, 0.15) is 5.82 Å². The van der Waals surface area contributed by atoms with Gasteiger partial charge in [0.05, 0.1) is 5.84 Å². The maximum Gasteiger partial charge on any atom is 0.204 e. The van der Waals surface area contributed by atoms with Crippen molar-refractivity contribution in [2.24, 2.45) is 5.73 Å². The van der Waals surface area contributed by atoms with Gasteiger partial charge in [-0.1, -0.05) is 13.8 Å². The second kappa shape index (κ2) is 5.06. The fourth-order valence-electron chi connectivity index (χ4n) is 1.000. The predicted molar refractivity (Wildman–Crippen MR) is 63.8 cm³/mol. The highest BCUT2D eigenvalue weighted by Gasteiger charge is 2.10. The van der Waals surface area contributed by atoms with Gasteiger partial charge in [0.15, 0.2) is 0 Å². The third kappa shape index (κ3) is 3.47. The Kier molecular flexibility index (Phi) is 4.02. The van der Waals surface area contributed by atoms with Crippen molar-refractivity contribution in [3.05, 3.63) is 5.82 Å². The summed E-state index contributed by atoms with van der Waals surface area (Å²) in [7, 11) is 1.94. The van der Waals surface area contributed by atoms with E-state index < -0.39 is 0 Å². The number of aromatic nitrogens is 2. The molecule has 0 bridgehead atoms. The molecule has 0 amide bonds. The van der Waals surface area contributed by atoms with Crippen LogP contribution in [0.15, 0.2) is 0 Å². The Labute approximate surface area is 94.0 Å². The van der Waals surface area contributed by atoms with Crippen molar-refractivity contribution in [2.75, 3.05) is 18.5 Å². The van der Waals surface area contributed by atoms with Crippen LogP contribution in [0.2, 0.25) is 0 Å². The lowest BCUT2D eigenvalue weighted by molar-refractivity contribution is 0.792. The van der Waals surface area contributed by atoms with Crippen molar-refractivity contribution < 1.29 is 0 Å². The van der Waals surface area contributed by atoms with Crippen molar-refractivity contribution in [1.29, 1.82) is 5.41 Å². The van der Waals surface area contributed by atoms with E-state index in [9.17, 15) is 0 Å². The maximum absolute atomic E-state index is 7.14. The highest BCUT2D eigenvalue weighted by Crippen LogP contribution is 2.20. The number of nitrogens with one attached hydrogen (secondary N) is 1. The van der Waals surface area contributed by atoms with Crippen LogP contribution in [0.4, 0.5) is 5.13 Å². The van der Waals surface area contributed by atoms with Gasteiger partial charge in [0.2, 0.25) is 5.13 Å². The van der Waals surface area contributed by atoms with Crippen molar-refractivity contribution in [3.63, 3.8) is 0 Å². The summed E-state index contributed by atoms with van der Waals surface area (Å²) in [5.74, 6) is 1.44. The van der Waals surface area contributed by atoms with Crippen LogP contribution >= 0.6 is 11.5 Å². The van der Waals surface area contributed by atoms with Gasteiger partial charge in [-0.15, -0.1) is 0 Å². The Morgan fingerprint density at radius 1 is 1.60 bits per heavy atom. The molecule has 15 heavy (non-hydrogen) atoms. The van der Waals surface area contributed by atoms with E-state index in [2.05, 4.69) is 23.2 Å². The van der Waals surface area contributed by atoms with Crippen molar-refractivity contribution in [3.8, 4) is 0 Å². The van der Waals surface area contributed by atoms with Crippen LogP contribution in [0.1, 0.15) is 32.0 Å². The smallest absolute Gasteiger partial charge is 0.204 e. The summed E-state index contributed by atoms with van der Waals surface area (Å²) < 4.78 is 4.27. The molecular weight excluding hydrogens is 210 g/mol. The molecule has 5 nitrogen and oxygen atoms in total. The van der Waals surface area contributed by atoms with E-state index in [0.29, 0.717) is 18.9 Å². The largest absolute Gasteiger partial charge is 0.388 e.